The Labute approximate surface area is 151 Å². The van der Waals surface area contributed by atoms with E-state index in [0.717, 1.165) is 32.0 Å². The van der Waals surface area contributed by atoms with Crippen LogP contribution < -0.4 is 15.0 Å². The van der Waals surface area contributed by atoms with Crippen LogP contribution in [0.5, 0.6) is 5.75 Å². The van der Waals surface area contributed by atoms with Gasteiger partial charge in [-0.3, -0.25) is 4.79 Å². The molecule has 6 nitrogen and oxygen atoms in total. The maximum Gasteiger partial charge on any atom is 0.573 e. The van der Waals surface area contributed by atoms with Crippen LogP contribution in [0, 0.1) is 0 Å². The number of alkyl halides is 3. The molecule has 1 aliphatic rings. The zero-order chi connectivity index (χ0) is 18.7. The van der Waals surface area contributed by atoms with Crippen LogP contribution in [0.2, 0.25) is 5.02 Å². The number of halogens is 4. The summed E-state index contributed by atoms with van der Waals surface area (Å²) < 4.78 is 41.4. The van der Waals surface area contributed by atoms with Gasteiger partial charge in [0.15, 0.2) is 11.4 Å². The van der Waals surface area contributed by atoms with E-state index in [1.54, 1.807) is 0 Å². The lowest BCUT2D eigenvalue weighted by Gasteiger charge is -2.16. The van der Waals surface area contributed by atoms with E-state index in [0.29, 0.717) is 5.95 Å². The summed E-state index contributed by atoms with van der Waals surface area (Å²) in [5.74, 6) is -0.925. The van der Waals surface area contributed by atoms with E-state index in [-0.39, 0.29) is 16.4 Å². The maximum absolute atomic E-state index is 12.5. The number of aromatic nitrogens is 2. The Balaban J connectivity index is 1.83. The summed E-state index contributed by atoms with van der Waals surface area (Å²) in [5.41, 5.74) is -0.266. The maximum atomic E-state index is 12.5. The standard InChI is InChI=1S/C16H14ClF3N4O2/c17-10-9-21-15(24-7-3-4-8-24)23-13(10)14(25)22-11-5-1-2-6-12(11)26-16(18,19)20/h1-2,5-6,9H,3-4,7-8H2,(H,22,25). The minimum absolute atomic E-state index is 0.000308. The number of anilines is 2. The summed E-state index contributed by atoms with van der Waals surface area (Å²) in [6.45, 7) is 1.54. The number of para-hydroxylation sites is 2. The predicted molar refractivity (Wildman–Crippen MR) is 89.6 cm³/mol. The molecule has 1 amide bonds. The SMILES string of the molecule is O=C(Nc1ccccc1OC(F)(F)F)c1nc(N2CCCC2)ncc1Cl. The van der Waals surface area contributed by atoms with Crippen LogP contribution in [0.25, 0.3) is 0 Å². The number of nitrogens with zero attached hydrogens (tertiary/aromatic N) is 3. The van der Waals surface area contributed by atoms with E-state index in [1.807, 2.05) is 4.90 Å². The minimum Gasteiger partial charge on any atom is -0.404 e. The molecule has 0 bridgehead atoms. The van der Waals surface area contributed by atoms with Gasteiger partial charge in [0.25, 0.3) is 5.91 Å². The highest BCUT2D eigenvalue weighted by molar-refractivity contribution is 6.34. The number of amides is 1. The zero-order valence-corrected chi connectivity index (χ0v) is 14.1. The molecule has 0 atom stereocenters. The fourth-order valence-corrected chi connectivity index (χ4v) is 2.73. The summed E-state index contributed by atoms with van der Waals surface area (Å²) in [6, 6.07) is 5.21. The third-order valence-electron chi connectivity index (χ3n) is 3.70. The molecule has 1 aromatic heterocycles. The zero-order valence-electron chi connectivity index (χ0n) is 13.4. The highest BCUT2D eigenvalue weighted by atomic mass is 35.5. The number of carbonyl (C=O) groups is 1. The lowest BCUT2D eigenvalue weighted by molar-refractivity contribution is -0.274. The molecule has 26 heavy (non-hydrogen) atoms. The molecule has 0 aliphatic carbocycles. The molecule has 10 heteroatoms. The van der Waals surface area contributed by atoms with E-state index in [2.05, 4.69) is 20.0 Å². The fraction of sp³-hybridized carbons (Fsp3) is 0.312. The van der Waals surface area contributed by atoms with Crippen LogP contribution in [0.4, 0.5) is 24.8 Å². The van der Waals surface area contributed by atoms with Crippen molar-refractivity contribution in [3.63, 3.8) is 0 Å². The van der Waals surface area contributed by atoms with Crippen molar-refractivity contribution in [1.82, 2.24) is 9.97 Å². The lowest BCUT2D eigenvalue weighted by atomic mass is 10.2. The van der Waals surface area contributed by atoms with E-state index in [4.69, 9.17) is 11.6 Å². The Kier molecular flexibility index (Phi) is 5.17. The number of carbonyl (C=O) groups excluding carboxylic acids is 1. The van der Waals surface area contributed by atoms with E-state index in [9.17, 15) is 18.0 Å². The first-order valence-electron chi connectivity index (χ1n) is 7.77. The van der Waals surface area contributed by atoms with Crippen molar-refractivity contribution in [2.24, 2.45) is 0 Å². The van der Waals surface area contributed by atoms with E-state index < -0.39 is 18.0 Å². The number of hydrogen-bond acceptors (Lipinski definition) is 5. The molecule has 1 N–H and O–H groups in total. The normalized spacial score (nSPS) is 14.4. The first kappa shape index (κ1) is 18.2. The first-order chi connectivity index (χ1) is 12.3. The number of rotatable bonds is 4. The number of nitrogens with one attached hydrogen (secondary N) is 1. The molecule has 3 rings (SSSR count). The van der Waals surface area contributed by atoms with Crippen LogP contribution in [0.3, 0.4) is 0 Å². The van der Waals surface area contributed by atoms with Crippen molar-refractivity contribution in [2.75, 3.05) is 23.3 Å². The van der Waals surface area contributed by atoms with Gasteiger partial charge in [-0.25, -0.2) is 9.97 Å². The molecular weight excluding hydrogens is 373 g/mol. The Hall–Kier alpha value is -2.55. The largest absolute Gasteiger partial charge is 0.573 e. The van der Waals surface area contributed by atoms with Crippen molar-refractivity contribution in [3.8, 4) is 5.75 Å². The average molecular weight is 387 g/mol. The van der Waals surface area contributed by atoms with Crippen molar-refractivity contribution in [1.29, 1.82) is 0 Å². The number of ether oxygens (including phenoxy) is 1. The third-order valence-corrected chi connectivity index (χ3v) is 3.97. The number of benzene rings is 1. The Morgan fingerprint density at radius 3 is 2.62 bits per heavy atom. The van der Waals surface area contributed by atoms with Crippen molar-refractivity contribution < 1.29 is 22.7 Å². The second-order valence-electron chi connectivity index (χ2n) is 5.56. The molecule has 1 aromatic carbocycles. The third kappa shape index (κ3) is 4.34. The fourth-order valence-electron chi connectivity index (χ4n) is 2.55. The van der Waals surface area contributed by atoms with Gasteiger partial charge in [-0.05, 0) is 25.0 Å². The van der Waals surface area contributed by atoms with Gasteiger partial charge in [-0.15, -0.1) is 13.2 Å². The summed E-state index contributed by atoms with van der Waals surface area (Å²) >= 11 is 5.99. The quantitative estimate of drug-likeness (QED) is 0.863. The molecular formula is C16H14ClF3N4O2. The summed E-state index contributed by atoms with van der Waals surface area (Å²) in [5, 5.41) is 2.35. The summed E-state index contributed by atoms with van der Waals surface area (Å²) in [4.78, 5) is 22.7. The Bertz CT molecular complexity index is 810. The summed E-state index contributed by atoms with van der Waals surface area (Å²) in [6.07, 6.45) is -1.59. The molecule has 2 heterocycles. The monoisotopic (exact) mass is 386 g/mol. The summed E-state index contributed by atoms with van der Waals surface area (Å²) in [7, 11) is 0. The van der Waals surface area contributed by atoms with Crippen LogP contribution in [0.1, 0.15) is 23.3 Å². The molecule has 0 radical (unpaired) electrons. The predicted octanol–water partition coefficient (Wildman–Crippen LogP) is 3.88. The van der Waals surface area contributed by atoms with Gasteiger partial charge >= 0.3 is 6.36 Å². The molecule has 0 unspecified atom stereocenters. The van der Waals surface area contributed by atoms with Crippen molar-refractivity contribution >= 4 is 29.1 Å². The van der Waals surface area contributed by atoms with Crippen molar-refractivity contribution in [3.05, 3.63) is 41.2 Å². The molecule has 2 aromatic rings. The lowest BCUT2D eigenvalue weighted by Crippen LogP contribution is -2.23. The molecule has 1 saturated heterocycles. The molecule has 0 spiro atoms. The van der Waals surface area contributed by atoms with Gasteiger partial charge in [-0.2, -0.15) is 0 Å². The topological polar surface area (TPSA) is 67.3 Å². The van der Waals surface area contributed by atoms with E-state index in [1.165, 1.54) is 24.4 Å². The van der Waals surface area contributed by atoms with E-state index >= 15 is 0 Å². The second-order valence-corrected chi connectivity index (χ2v) is 5.97. The van der Waals surface area contributed by atoms with Crippen LogP contribution in [-0.2, 0) is 0 Å². The first-order valence-corrected chi connectivity index (χ1v) is 8.15. The van der Waals surface area contributed by atoms with Gasteiger partial charge in [0, 0.05) is 13.1 Å². The molecule has 1 fully saturated rings. The van der Waals surface area contributed by atoms with Crippen LogP contribution in [0.15, 0.2) is 30.5 Å². The average Bonchev–Trinajstić information content (AvgIpc) is 3.10. The molecule has 0 saturated carbocycles. The highest BCUT2D eigenvalue weighted by Crippen LogP contribution is 2.30. The van der Waals surface area contributed by atoms with Crippen LogP contribution >= 0.6 is 11.6 Å². The van der Waals surface area contributed by atoms with Gasteiger partial charge in [0.05, 0.1) is 16.9 Å². The van der Waals surface area contributed by atoms with Gasteiger partial charge in [0.1, 0.15) is 0 Å². The smallest absolute Gasteiger partial charge is 0.404 e. The van der Waals surface area contributed by atoms with Gasteiger partial charge in [0.2, 0.25) is 5.95 Å². The van der Waals surface area contributed by atoms with Gasteiger partial charge in [-0.1, -0.05) is 23.7 Å². The molecule has 1 aliphatic heterocycles. The number of hydrogen-bond donors (Lipinski definition) is 1. The van der Waals surface area contributed by atoms with Gasteiger partial charge < -0.3 is 15.0 Å². The van der Waals surface area contributed by atoms with Crippen LogP contribution in [-0.4, -0.2) is 35.3 Å². The minimum atomic E-state index is -4.88. The van der Waals surface area contributed by atoms with Crippen molar-refractivity contribution in [2.45, 2.75) is 19.2 Å². The Morgan fingerprint density at radius 2 is 1.92 bits per heavy atom. The highest BCUT2D eigenvalue weighted by Gasteiger charge is 2.32. The molecule has 138 valence electrons. The Morgan fingerprint density at radius 1 is 1.23 bits per heavy atom. The second kappa shape index (κ2) is 7.36.